The SMILES string of the molecule is C/C=C/[C@@H]1CO[Si](c2c(C)cc(C)cc2C)(c2c(C)cc(C)cc2C)[C@H](C)[C@H]1C=O. The lowest BCUT2D eigenvalue weighted by atomic mass is 9.91. The summed E-state index contributed by atoms with van der Waals surface area (Å²) in [6.07, 6.45) is 5.39. The van der Waals surface area contributed by atoms with Crippen LogP contribution in [-0.2, 0) is 9.22 Å². The number of benzene rings is 2. The molecule has 0 N–H and O–H groups in total. The zero-order valence-electron chi connectivity index (χ0n) is 19.8. The van der Waals surface area contributed by atoms with E-state index in [9.17, 15) is 4.79 Å². The fourth-order valence-electron chi connectivity index (χ4n) is 6.02. The molecule has 3 heteroatoms. The highest BCUT2D eigenvalue weighted by atomic mass is 28.4. The molecule has 1 heterocycles. The van der Waals surface area contributed by atoms with E-state index in [1.807, 2.05) is 6.92 Å². The number of aldehydes is 1. The van der Waals surface area contributed by atoms with Gasteiger partial charge in [0.2, 0.25) is 0 Å². The normalized spacial score (nSPS) is 23.7. The topological polar surface area (TPSA) is 26.3 Å². The van der Waals surface area contributed by atoms with E-state index in [-0.39, 0.29) is 17.4 Å². The van der Waals surface area contributed by atoms with Crippen molar-refractivity contribution in [3.8, 4) is 0 Å². The van der Waals surface area contributed by atoms with Crippen LogP contribution >= 0.6 is 0 Å². The Hall–Kier alpha value is -1.97. The van der Waals surface area contributed by atoms with Crippen molar-refractivity contribution in [2.75, 3.05) is 6.61 Å². The van der Waals surface area contributed by atoms with Crippen LogP contribution in [0.4, 0.5) is 0 Å². The van der Waals surface area contributed by atoms with E-state index < -0.39 is 8.32 Å². The van der Waals surface area contributed by atoms with E-state index in [0.29, 0.717) is 6.61 Å². The van der Waals surface area contributed by atoms with Crippen LogP contribution in [0.3, 0.4) is 0 Å². The number of rotatable bonds is 4. The standard InChI is InChI=1S/C27H36O2Si/c1-9-10-24-16-29-30(23(8)25(24)15-28,26-19(4)11-17(2)12-20(26)5)27-21(6)13-18(3)14-22(27)7/h9-15,23-25H,16H2,1-8H3/b10-9+/t23-,24-,25-/m1/s1. The highest BCUT2D eigenvalue weighted by Gasteiger charge is 2.55. The molecule has 0 amide bonds. The number of allylic oxidation sites excluding steroid dienone is 1. The molecule has 3 atom stereocenters. The Bertz CT molecular complexity index is 885. The lowest BCUT2D eigenvalue weighted by molar-refractivity contribution is -0.113. The van der Waals surface area contributed by atoms with E-state index in [1.165, 1.54) is 50.0 Å². The Labute approximate surface area is 183 Å². The van der Waals surface area contributed by atoms with Gasteiger partial charge in [0.25, 0.3) is 8.32 Å². The van der Waals surface area contributed by atoms with Gasteiger partial charge in [-0.25, -0.2) is 0 Å². The number of hydrogen-bond donors (Lipinski definition) is 0. The largest absolute Gasteiger partial charge is 0.407 e. The quantitative estimate of drug-likeness (QED) is 0.394. The average Bonchev–Trinajstić information content (AvgIpc) is 2.63. The Kier molecular flexibility index (Phi) is 6.54. The highest BCUT2D eigenvalue weighted by Crippen LogP contribution is 2.41. The molecule has 0 aliphatic carbocycles. The summed E-state index contributed by atoms with van der Waals surface area (Å²) in [6, 6.07) is 9.11. The third kappa shape index (κ3) is 3.63. The van der Waals surface area contributed by atoms with Crippen LogP contribution in [0.1, 0.15) is 47.2 Å². The van der Waals surface area contributed by atoms with Crippen LogP contribution in [0.5, 0.6) is 0 Å². The summed E-state index contributed by atoms with van der Waals surface area (Å²) in [7, 11) is -2.68. The summed E-state index contributed by atoms with van der Waals surface area (Å²) >= 11 is 0. The second-order valence-electron chi connectivity index (χ2n) is 9.29. The van der Waals surface area contributed by atoms with Crippen LogP contribution in [-0.4, -0.2) is 21.2 Å². The van der Waals surface area contributed by atoms with Gasteiger partial charge in [0.1, 0.15) is 6.29 Å². The molecule has 0 spiro atoms. The van der Waals surface area contributed by atoms with E-state index in [4.69, 9.17) is 4.43 Å². The second-order valence-corrected chi connectivity index (χ2v) is 13.0. The fourth-order valence-corrected chi connectivity index (χ4v) is 11.7. The number of carbonyl (C=O) groups is 1. The van der Waals surface area contributed by atoms with E-state index in [1.54, 1.807) is 0 Å². The lowest BCUT2D eigenvalue weighted by Crippen LogP contribution is -2.70. The van der Waals surface area contributed by atoms with Crippen molar-refractivity contribution in [2.45, 2.75) is 60.9 Å². The van der Waals surface area contributed by atoms with E-state index in [2.05, 4.69) is 84.9 Å². The van der Waals surface area contributed by atoms with Crippen molar-refractivity contribution in [2.24, 2.45) is 11.8 Å². The van der Waals surface area contributed by atoms with Crippen LogP contribution in [0, 0.1) is 53.4 Å². The molecule has 3 rings (SSSR count). The van der Waals surface area contributed by atoms with Gasteiger partial charge >= 0.3 is 0 Å². The first-order valence-electron chi connectivity index (χ1n) is 11.1. The lowest BCUT2D eigenvalue weighted by Gasteiger charge is -2.48. The maximum Gasteiger partial charge on any atom is 0.260 e. The summed E-state index contributed by atoms with van der Waals surface area (Å²) in [6.45, 7) is 18.1. The first kappa shape index (κ1) is 22.7. The fraction of sp³-hybridized carbons (Fsp3) is 0.444. The summed E-state index contributed by atoms with van der Waals surface area (Å²) in [5.41, 5.74) is 7.86. The highest BCUT2D eigenvalue weighted by molar-refractivity contribution is 6.99. The van der Waals surface area contributed by atoms with E-state index >= 15 is 0 Å². The molecule has 2 aromatic rings. The third-order valence-corrected chi connectivity index (χ3v) is 12.3. The molecule has 1 aliphatic heterocycles. The number of hydrogen-bond acceptors (Lipinski definition) is 2. The van der Waals surface area contributed by atoms with Crippen molar-refractivity contribution in [3.05, 3.63) is 69.8 Å². The van der Waals surface area contributed by atoms with Crippen LogP contribution < -0.4 is 10.4 Å². The van der Waals surface area contributed by atoms with Crippen molar-refractivity contribution in [1.29, 1.82) is 0 Å². The molecule has 1 aliphatic rings. The molecular formula is C27H36O2Si. The molecule has 2 nitrogen and oxygen atoms in total. The smallest absolute Gasteiger partial charge is 0.260 e. The van der Waals surface area contributed by atoms with Crippen molar-refractivity contribution < 1.29 is 9.22 Å². The minimum absolute atomic E-state index is 0.0400. The first-order valence-corrected chi connectivity index (χ1v) is 13.0. The molecular weight excluding hydrogens is 384 g/mol. The predicted molar refractivity (Wildman–Crippen MR) is 130 cm³/mol. The van der Waals surface area contributed by atoms with Gasteiger partial charge in [-0.05, 0) is 86.6 Å². The molecule has 1 saturated heterocycles. The van der Waals surface area contributed by atoms with Gasteiger partial charge in [0.05, 0.1) is 0 Å². The summed E-state index contributed by atoms with van der Waals surface area (Å²) in [5, 5.41) is 2.72. The maximum atomic E-state index is 12.4. The summed E-state index contributed by atoms with van der Waals surface area (Å²) in [5.74, 6) is 0.0991. The Balaban J connectivity index is 2.39. The summed E-state index contributed by atoms with van der Waals surface area (Å²) in [4.78, 5) is 12.4. The zero-order valence-corrected chi connectivity index (χ0v) is 20.8. The van der Waals surface area contributed by atoms with Crippen LogP contribution in [0.2, 0.25) is 5.54 Å². The van der Waals surface area contributed by atoms with Gasteiger partial charge in [-0.2, -0.15) is 0 Å². The Morgan fingerprint density at radius 3 is 1.67 bits per heavy atom. The maximum absolute atomic E-state index is 12.4. The van der Waals surface area contributed by atoms with E-state index in [0.717, 1.165) is 0 Å². The van der Waals surface area contributed by atoms with Crippen LogP contribution in [0.15, 0.2) is 36.4 Å². The first-order chi connectivity index (χ1) is 14.2. The monoisotopic (exact) mass is 420 g/mol. The molecule has 160 valence electrons. The number of aryl methyl sites for hydroxylation is 6. The predicted octanol–water partition coefficient (Wildman–Crippen LogP) is 5.02. The Morgan fingerprint density at radius 1 is 0.867 bits per heavy atom. The van der Waals surface area contributed by atoms with Gasteiger partial charge in [0.15, 0.2) is 0 Å². The van der Waals surface area contributed by atoms with Gasteiger partial charge in [-0.1, -0.05) is 54.5 Å². The number of carbonyl (C=O) groups excluding carboxylic acids is 1. The van der Waals surface area contributed by atoms with Crippen molar-refractivity contribution >= 4 is 25.0 Å². The Morgan fingerprint density at radius 2 is 1.30 bits per heavy atom. The van der Waals surface area contributed by atoms with Crippen molar-refractivity contribution in [1.82, 2.24) is 0 Å². The van der Waals surface area contributed by atoms with Gasteiger partial charge < -0.3 is 9.22 Å². The zero-order chi connectivity index (χ0) is 22.2. The second kappa shape index (κ2) is 8.64. The molecule has 1 fully saturated rings. The minimum atomic E-state index is -2.68. The average molecular weight is 421 g/mol. The van der Waals surface area contributed by atoms with Crippen LogP contribution in [0.25, 0.3) is 0 Å². The van der Waals surface area contributed by atoms with Crippen molar-refractivity contribution in [3.63, 3.8) is 0 Å². The van der Waals surface area contributed by atoms with Gasteiger partial charge in [-0.3, -0.25) is 0 Å². The van der Waals surface area contributed by atoms with Gasteiger partial charge in [0, 0.05) is 18.4 Å². The molecule has 0 aromatic heterocycles. The molecule has 30 heavy (non-hydrogen) atoms. The molecule has 0 bridgehead atoms. The third-order valence-electron chi connectivity index (χ3n) is 6.91. The molecule has 2 aromatic carbocycles. The molecule has 0 unspecified atom stereocenters. The summed E-state index contributed by atoms with van der Waals surface area (Å²) < 4.78 is 7.08. The minimum Gasteiger partial charge on any atom is -0.407 e. The molecule has 0 radical (unpaired) electrons. The van der Waals surface area contributed by atoms with Gasteiger partial charge in [-0.15, -0.1) is 0 Å². The molecule has 0 saturated carbocycles.